The minimum absolute atomic E-state index is 0.000832. The molecule has 0 aliphatic carbocycles. The molecule has 1 saturated heterocycles. The number of nitro groups is 1. The minimum atomic E-state index is -1.72. The third kappa shape index (κ3) is 5.28. The van der Waals surface area contributed by atoms with Crippen LogP contribution in [-0.2, 0) is 27.3 Å². The van der Waals surface area contributed by atoms with Crippen molar-refractivity contribution in [3.63, 3.8) is 0 Å². The van der Waals surface area contributed by atoms with E-state index in [-0.39, 0.29) is 22.7 Å². The van der Waals surface area contributed by atoms with E-state index in [4.69, 9.17) is 4.74 Å². The second-order valence-corrected chi connectivity index (χ2v) is 7.63. The molecule has 1 atom stereocenters. The zero-order valence-corrected chi connectivity index (χ0v) is 14.3. The first-order chi connectivity index (χ1) is 11.3. The molecule has 1 fully saturated rings. The molecule has 1 N–H and O–H groups in total. The van der Waals surface area contributed by atoms with Crippen LogP contribution in [0.3, 0.4) is 0 Å². The highest BCUT2D eigenvalue weighted by Gasteiger charge is 2.33. The predicted octanol–water partition coefficient (Wildman–Crippen LogP) is 1.36. The molecule has 0 bridgehead atoms. The van der Waals surface area contributed by atoms with E-state index in [0.29, 0.717) is 18.7 Å². The predicted molar refractivity (Wildman–Crippen MR) is 88.2 cm³/mol. The summed E-state index contributed by atoms with van der Waals surface area (Å²) >= 11 is -0.531. The normalized spacial score (nSPS) is 16.0. The highest BCUT2D eigenvalue weighted by atomic mass is 32.2. The van der Waals surface area contributed by atoms with Crippen molar-refractivity contribution >= 4 is 39.8 Å². The number of rotatable bonds is 6. The van der Waals surface area contributed by atoms with Gasteiger partial charge in [0.25, 0.3) is 5.69 Å². The van der Waals surface area contributed by atoms with Gasteiger partial charge in [0.1, 0.15) is 6.61 Å². The molecule has 130 valence electrons. The van der Waals surface area contributed by atoms with Crippen LogP contribution >= 0.6 is 11.8 Å². The number of benzene rings is 1. The van der Waals surface area contributed by atoms with E-state index in [2.05, 4.69) is 4.72 Å². The van der Waals surface area contributed by atoms with Crippen molar-refractivity contribution in [2.75, 3.05) is 13.1 Å². The molecule has 0 radical (unpaired) electrons. The average molecular weight is 373 g/mol. The molecule has 1 aromatic carbocycles. The van der Waals surface area contributed by atoms with Crippen LogP contribution in [0.2, 0.25) is 0 Å². The zero-order valence-electron chi connectivity index (χ0n) is 12.7. The topological polar surface area (TPSA) is 119 Å². The van der Waals surface area contributed by atoms with Gasteiger partial charge in [-0.1, -0.05) is 11.8 Å². The van der Waals surface area contributed by atoms with Gasteiger partial charge in [-0.25, -0.2) is 18.0 Å². The van der Waals surface area contributed by atoms with Crippen molar-refractivity contribution in [3.05, 3.63) is 39.9 Å². The summed E-state index contributed by atoms with van der Waals surface area (Å²) in [5.74, 6) is 0. The van der Waals surface area contributed by atoms with Gasteiger partial charge in [0.15, 0.2) is 5.12 Å². The lowest BCUT2D eigenvalue weighted by Gasteiger charge is -2.35. The maximum Gasteiger partial charge on any atom is 0.420 e. The summed E-state index contributed by atoms with van der Waals surface area (Å²) in [5, 5.41) is 10.6. The standard InChI is InChI=1S/C13H15N3O6S2/c1-9(17)23-12-6-15(7-12)24(21)14-13(18)22-8-10-2-4-11(5-3-10)16(19)20/h2-5,12H,6-8H2,1H3,(H,14,18). The third-order valence-electron chi connectivity index (χ3n) is 3.07. The zero-order chi connectivity index (χ0) is 17.7. The molecule has 1 amide bonds. The van der Waals surface area contributed by atoms with Crippen molar-refractivity contribution in [2.45, 2.75) is 18.8 Å². The van der Waals surface area contributed by atoms with E-state index >= 15 is 0 Å². The van der Waals surface area contributed by atoms with E-state index in [9.17, 15) is 23.9 Å². The summed E-state index contributed by atoms with van der Waals surface area (Å²) < 4.78 is 20.5. The van der Waals surface area contributed by atoms with Gasteiger partial charge in [-0.15, -0.1) is 0 Å². The molecule has 9 nitrogen and oxygen atoms in total. The Hall–Kier alpha value is -1.98. The number of ether oxygens (including phenoxy) is 1. The van der Waals surface area contributed by atoms with Gasteiger partial charge in [-0.2, -0.15) is 0 Å². The van der Waals surface area contributed by atoms with Crippen molar-refractivity contribution < 1.29 is 23.5 Å². The lowest BCUT2D eigenvalue weighted by atomic mass is 10.2. The SMILES string of the molecule is CC(=O)SC1CN(S(=O)NC(=O)OCc2ccc([N+](=O)[O-])cc2)C1. The molecule has 1 aliphatic heterocycles. The van der Waals surface area contributed by atoms with Gasteiger partial charge < -0.3 is 4.74 Å². The van der Waals surface area contributed by atoms with E-state index in [0.717, 1.165) is 0 Å². The molecule has 24 heavy (non-hydrogen) atoms. The van der Waals surface area contributed by atoms with Gasteiger partial charge in [0.2, 0.25) is 11.2 Å². The van der Waals surface area contributed by atoms with Crippen LogP contribution in [-0.4, -0.2) is 43.0 Å². The lowest BCUT2D eigenvalue weighted by molar-refractivity contribution is -0.384. The number of amides is 1. The van der Waals surface area contributed by atoms with Crippen LogP contribution in [0, 0.1) is 10.1 Å². The van der Waals surface area contributed by atoms with Crippen LogP contribution in [0.25, 0.3) is 0 Å². The van der Waals surface area contributed by atoms with Crippen molar-refractivity contribution in [1.82, 2.24) is 9.03 Å². The number of nitro benzene ring substituents is 1. The molecule has 1 aliphatic rings. The number of non-ortho nitro benzene ring substituents is 1. The summed E-state index contributed by atoms with van der Waals surface area (Å²) in [6.45, 7) is 2.26. The molecule has 0 saturated carbocycles. The van der Waals surface area contributed by atoms with Crippen LogP contribution < -0.4 is 4.72 Å². The first-order valence-corrected chi connectivity index (χ1v) is 8.84. The van der Waals surface area contributed by atoms with Gasteiger partial charge in [-0.3, -0.25) is 14.9 Å². The number of hydrogen-bond acceptors (Lipinski definition) is 7. The summed E-state index contributed by atoms with van der Waals surface area (Å²) in [6.07, 6.45) is -0.852. The molecule has 0 aromatic heterocycles. The van der Waals surface area contributed by atoms with Crippen LogP contribution in [0.15, 0.2) is 24.3 Å². The molecule has 11 heteroatoms. The molecule has 1 heterocycles. The number of thioether (sulfide) groups is 1. The van der Waals surface area contributed by atoms with E-state index in [1.54, 1.807) is 0 Å². The maximum atomic E-state index is 11.9. The molecule has 1 aromatic rings. The monoisotopic (exact) mass is 373 g/mol. The quantitative estimate of drug-likeness (QED) is 0.591. The number of hydrogen-bond donors (Lipinski definition) is 1. The first kappa shape index (κ1) is 18.4. The fourth-order valence-electron chi connectivity index (χ4n) is 1.87. The summed E-state index contributed by atoms with van der Waals surface area (Å²) in [7, 11) is 0. The summed E-state index contributed by atoms with van der Waals surface area (Å²) in [6, 6.07) is 5.56. The number of carbonyl (C=O) groups is 2. The maximum absolute atomic E-state index is 11.9. The summed E-state index contributed by atoms with van der Waals surface area (Å²) in [4.78, 5) is 32.5. The Morgan fingerprint density at radius 2 is 2.04 bits per heavy atom. The molecule has 1 unspecified atom stereocenters. The van der Waals surface area contributed by atoms with Gasteiger partial charge in [0, 0.05) is 37.4 Å². The van der Waals surface area contributed by atoms with Crippen LogP contribution in [0.1, 0.15) is 12.5 Å². The Morgan fingerprint density at radius 3 is 2.58 bits per heavy atom. The Morgan fingerprint density at radius 1 is 1.42 bits per heavy atom. The molecule has 2 rings (SSSR count). The lowest BCUT2D eigenvalue weighted by Crippen LogP contribution is -2.53. The van der Waals surface area contributed by atoms with Crippen molar-refractivity contribution in [2.24, 2.45) is 0 Å². The van der Waals surface area contributed by atoms with Crippen LogP contribution in [0.5, 0.6) is 0 Å². The Bertz CT molecular complexity index is 660. The molecule has 0 spiro atoms. The van der Waals surface area contributed by atoms with Gasteiger partial charge >= 0.3 is 6.09 Å². The smallest absolute Gasteiger partial charge is 0.420 e. The fourth-order valence-corrected chi connectivity index (χ4v) is 4.00. The molecular formula is C13H15N3O6S2. The Kier molecular flexibility index (Phi) is 6.29. The number of nitrogens with zero attached hydrogens (tertiary/aromatic N) is 2. The van der Waals surface area contributed by atoms with Crippen LogP contribution in [0.4, 0.5) is 10.5 Å². The van der Waals surface area contributed by atoms with Gasteiger partial charge in [-0.05, 0) is 17.7 Å². The average Bonchev–Trinajstić information content (AvgIpc) is 2.48. The second kappa shape index (κ2) is 8.22. The number of carbonyl (C=O) groups excluding carboxylic acids is 2. The number of nitrogens with one attached hydrogen (secondary N) is 1. The summed E-state index contributed by atoms with van der Waals surface area (Å²) in [5.41, 5.74) is 0.517. The molecular weight excluding hydrogens is 358 g/mol. The first-order valence-electron chi connectivity index (χ1n) is 6.86. The Balaban J connectivity index is 1.71. The third-order valence-corrected chi connectivity index (χ3v) is 5.14. The van der Waals surface area contributed by atoms with Crippen molar-refractivity contribution in [3.8, 4) is 0 Å². The fraction of sp³-hybridized carbons (Fsp3) is 0.385. The highest BCUT2D eigenvalue weighted by molar-refractivity contribution is 8.14. The van der Waals surface area contributed by atoms with Crippen molar-refractivity contribution in [1.29, 1.82) is 0 Å². The van der Waals surface area contributed by atoms with Gasteiger partial charge in [0.05, 0.1) is 4.92 Å². The minimum Gasteiger partial charge on any atom is -0.444 e. The largest absolute Gasteiger partial charge is 0.444 e. The Labute approximate surface area is 144 Å². The highest BCUT2D eigenvalue weighted by Crippen LogP contribution is 2.23. The van der Waals surface area contributed by atoms with E-state index in [1.165, 1.54) is 47.3 Å². The van der Waals surface area contributed by atoms with E-state index < -0.39 is 22.2 Å². The van der Waals surface area contributed by atoms with E-state index in [1.807, 2.05) is 0 Å². The second-order valence-electron chi connectivity index (χ2n) is 4.93.